The Morgan fingerprint density at radius 3 is 1.42 bits per heavy atom. The summed E-state index contributed by atoms with van der Waals surface area (Å²) in [5.74, 6) is 2.38. The average molecular weight is 656 g/mol. The molecule has 0 spiro atoms. The van der Waals surface area contributed by atoms with Gasteiger partial charge in [0.15, 0.2) is 0 Å². The summed E-state index contributed by atoms with van der Waals surface area (Å²) in [5.41, 5.74) is 4.06. The fraction of sp³-hybridized carbons (Fsp3) is 0.889. The van der Waals surface area contributed by atoms with Crippen molar-refractivity contribution in [2.75, 3.05) is 26.2 Å². The van der Waals surface area contributed by atoms with E-state index in [9.17, 15) is 0 Å². The third-order valence-corrected chi connectivity index (χ3v) is 10.3. The van der Waals surface area contributed by atoms with E-state index in [4.69, 9.17) is 24.9 Å². The van der Waals surface area contributed by atoms with Crippen molar-refractivity contribution in [1.29, 1.82) is 0 Å². The first-order valence-electron chi connectivity index (χ1n) is 16.6. The van der Waals surface area contributed by atoms with E-state index in [1.807, 2.05) is 0 Å². The van der Waals surface area contributed by atoms with Crippen LogP contribution in [0.15, 0.2) is 23.4 Å². The van der Waals surface area contributed by atoms with Crippen molar-refractivity contribution in [2.24, 2.45) is 39.4 Å². The Morgan fingerprint density at radius 2 is 1.02 bits per heavy atom. The summed E-state index contributed by atoms with van der Waals surface area (Å²) < 4.78 is 8.19. The van der Waals surface area contributed by atoms with Crippen molar-refractivity contribution in [3.05, 3.63) is 44.7 Å². The van der Waals surface area contributed by atoms with Crippen LogP contribution in [0.1, 0.15) is 122 Å². The monoisotopic (exact) mass is 655 g/mol. The molecule has 3 saturated heterocycles. The second kappa shape index (κ2) is 17.1. The minimum absolute atomic E-state index is 0. The first kappa shape index (κ1) is 40.9. The van der Waals surface area contributed by atoms with Crippen LogP contribution in [0.4, 0.5) is 0 Å². The van der Waals surface area contributed by atoms with E-state index in [0.29, 0.717) is 34.4 Å². The van der Waals surface area contributed by atoms with Crippen LogP contribution in [-0.4, -0.2) is 44.3 Å². The Labute approximate surface area is 282 Å². The Kier molecular flexibility index (Phi) is 16.3. The van der Waals surface area contributed by atoms with Gasteiger partial charge < -0.3 is 21.3 Å². The second-order valence-electron chi connectivity index (χ2n) is 17.5. The molecule has 4 aliphatic heterocycles. The molecule has 251 valence electrons. The van der Waals surface area contributed by atoms with Gasteiger partial charge in [-0.25, -0.2) is 0 Å². The topological polar surface area (TPSA) is 73.5 Å². The van der Waals surface area contributed by atoms with Gasteiger partial charge in [-0.3, -0.25) is 0 Å². The molecule has 4 heterocycles. The SMILES string of the molecule is CC(C)(C)C1=CC[N-]C(C2CC(C(C)(C)C)CC[N-]2)=C1.CC(C)(C)C1CC[N-]C(C2CC(C(C)(C)C)CC[N-]2)C1.Cl.[O]=[V]. The third kappa shape index (κ3) is 12.9. The third-order valence-electron chi connectivity index (χ3n) is 10.3. The Hall–Kier alpha value is -0.166. The molecule has 3 fully saturated rings. The van der Waals surface area contributed by atoms with Gasteiger partial charge in [0.2, 0.25) is 0 Å². The average Bonchev–Trinajstić information content (AvgIpc) is 2.93. The zero-order chi connectivity index (χ0) is 31.9. The van der Waals surface area contributed by atoms with E-state index in [0.717, 1.165) is 67.7 Å². The van der Waals surface area contributed by atoms with Crippen molar-refractivity contribution < 1.29 is 21.0 Å². The number of piperidine rings is 3. The van der Waals surface area contributed by atoms with Gasteiger partial charge in [-0.05, 0) is 45.0 Å². The van der Waals surface area contributed by atoms with Crippen LogP contribution in [-0.2, 0) is 21.0 Å². The zero-order valence-electron chi connectivity index (χ0n) is 29.7. The molecule has 5 nitrogen and oxygen atoms in total. The van der Waals surface area contributed by atoms with Gasteiger partial charge in [-0.1, -0.05) is 134 Å². The van der Waals surface area contributed by atoms with Crippen LogP contribution < -0.4 is 0 Å². The fourth-order valence-corrected chi connectivity index (χ4v) is 6.98. The molecular weight excluding hydrogens is 591 g/mol. The summed E-state index contributed by atoms with van der Waals surface area (Å²) in [6.07, 6.45) is 12.0. The van der Waals surface area contributed by atoms with Crippen LogP contribution in [0, 0.1) is 39.4 Å². The van der Waals surface area contributed by atoms with Gasteiger partial charge in [0.1, 0.15) is 0 Å². The number of rotatable bonds is 2. The van der Waals surface area contributed by atoms with E-state index in [1.54, 1.807) is 0 Å². The molecule has 7 heteroatoms. The normalized spacial score (nSPS) is 30.5. The van der Waals surface area contributed by atoms with Crippen molar-refractivity contribution in [3.8, 4) is 0 Å². The number of halogens is 1. The Balaban J connectivity index is 0.000000398. The molecular formula is C36H65ClN4OV-4. The van der Waals surface area contributed by atoms with Crippen molar-refractivity contribution in [2.45, 2.75) is 140 Å². The standard InChI is InChI=1S/C18H34N2.C18H30N2.ClH.O.V/c2*1-17(2,3)13-7-9-19-15(11-13)16-12-14(8-10-20-16)18(4,5)6;;;/h13-16H,7-12H2,1-6H3;7,11,14,16H,8-10,12H2,1-6H3;1H;;/q2*-2;;;. The molecule has 0 aromatic rings. The molecule has 0 aliphatic carbocycles. The van der Waals surface area contributed by atoms with Crippen molar-refractivity contribution in [1.82, 2.24) is 0 Å². The van der Waals surface area contributed by atoms with Crippen LogP contribution in [0.3, 0.4) is 0 Å². The molecule has 6 unspecified atom stereocenters. The molecule has 0 amide bonds. The number of hydrogen-bond donors (Lipinski definition) is 0. The summed E-state index contributed by atoms with van der Waals surface area (Å²) >= 11 is 1.06. The summed E-state index contributed by atoms with van der Waals surface area (Å²) in [4.78, 5) is 0. The summed E-state index contributed by atoms with van der Waals surface area (Å²) in [5, 5.41) is 19.4. The fourth-order valence-electron chi connectivity index (χ4n) is 6.98. The molecule has 0 N–H and O–H groups in total. The quantitative estimate of drug-likeness (QED) is 0.292. The predicted molar refractivity (Wildman–Crippen MR) is 184 cm³/mol. The Morgan fingerprint density at radius 1 is 0.628 bits per heavy atom. The van der Waals surface area contributed by atoms with Crippen LogP contribution >= 0.6 is 12.4 Å². The van der Waals surface area contributed by atoms with Gasteiger partial charge in [0.25, 0.3) is 0 Å². The Bertz CT molecular complexity index is 861. The van der Waals surface area contributed by atoms with Crippen LogP contribution in [0.25, 0.3) is 21.3 Å². The maximum absolute atomic E-state index is 8.19. The first-order valence-corrected chi connectivity index (χ1v) is 17.2. The summed E-state index contributed by atoms with van der Waals surface area (Å²) in [6.45, 7) is 32.1. The molecule has 4 aliphatic rings. The van der Waals surface area contributed by atoms with Gasteiger partial charge in [0.05, 0.1) is 0 Å². The zero-order valence-corrected chi connectivity index (χ0v) is 32.0. The van der Waals surface area contributed by atoms with Gasteiger partial charge in [0, 0.05) is 0 Å². The van der Waals surface area contributed by atoms with Gasteiger partial charge in [-0.2, -0.15) is 17.8 Å². The first-order chi connectivity index (χ1) is 19.4. The van der Waals surface area contributed by atoms with Crippen LogP contribution in [0.5, 0.6) is 0 Å². The van der Waals surface area contributed by atoms with Gasteiger partial charge in [-0.15, -0.1) is 44.6 Å². The van der Waals surface area contributed by atoms with Crippen molar-refractivity contribution in [3.63, 3.8) is 0 Å². The number of allylic oxidation sites excluding steroid dienone is 2. The number of hydrogen-bond acceptors (Lipinski definition) is 1. The van der Waals surface area contributed by atoms with Gasteiger partial charge >= 0.3 is 21.0 Å². The van der Waals surface area contributed by atoms with E-state index in [2.05, 4.69) is 95.2 Å². The summed E-state index contributed by atoms with van der Waals surface area (Å²) in [7, 11) is 0. The molecule has 0 saturated carbocycles. The molecule has 6 atom stereocenters. The van der Waals surface area contributed by atoms with Crippen LogP contribution in [0.2, 0.25) is 0 Å². The molecule has 0 bridgehead atoms. The minimum atomic E-state index is 0. The number of nitrogens with zero attached hydrogens (tertiary/aromatic N) is 4. The molecule has 43 heavy (non-hydrogen) atoms. The van der Waals surface area contributed by atoms with E-state index >= 15 is 0 Å². The second-order valence-corrected chi connectivity index (χ2v) is 17.5. The molecule has 0 aromatic heterocycles. The van der Waals surface area contributed by atoms with E-state index in [1.165, 1.54) is 43.4 Å². The van der Waals surface area contributed by atoms with Crippen molar-refractivity contribution >= 4 is 12.4 Å². The summed E-state index contributed by atoms with van der Waals surface area (Å²) in [6, 6.07) is 1.32. The molecule has 0 radical (unpaired) electrons. The molecule has 4 rings (SSSR count). The van der Waals surface area contributed by atoms with E-state index < -0.39 is 0 Å². The predicted octanol–water partition coefficient (Wildman–Crippen LogP) is 11.1. The molecule has 0 aromatic carbocycles. The van der Waals surface area contributed by atoms with E-state index in [-0.39, 0.29) is 17.8 Å². The maximum atomic E-state index is 8.19.